The molecule has 98 valence electrons. The number of aryl methyl sites for hydroxylation is 2. The summed E-state index contributed by atoms with van der Waals surface area (Å²) in [5, 5.41) is 0. The van der Waals surface area contributed by atoms with Crippen LogP contribution in [0.2, 0.25) is 0 Å². The molecule has 1 fully saturated rings. The predicted octanol–water partition coefficient (Wildman–Crippen LogP) is 3.72. The number of hydrogen-bond acceptors (Lipinski definition) is 1. The first-order chi connectivity index (χ1) is 8.78. The Labute approximate surface area is 111 Å². The maximum atomic E-state index is 6.12. The summed E-state index contributed by atoms with van der Waals surface area (Å²) in [7, 11) is 0. The highest BCUT2D eigenvalue weighted by Crippen LogP contribution is 2.51. The lowest BCUT2D eigenvalue weighted by Crippen LogP contribution is -2.45. The summed E-state index contributed by atoms with van der Waals surface area (Å²) >= 11 is 0. The second-order valence-electron chi connectivity index (χ2n) is 6.30. The Bertz CT molecular complexity index is 429. The highest BCUT2D eigenvalue weighted by molar-refractivity contribution is 5.44. The van der Waals surface area contributed by atoms with Crippen molar-refractivity contribution in [3.63, 3.8) is 0 Å². The third-order valence-electron chi connectivity index (χ3n) is 5.43. The minimum Gasteiger partial charge on any atom is -0.330 e. The molecule has 0 aliphatic heterocycles. The van der Waals surface area contributed by atoms with Gasteiger partial charge in [-0.1, -0.05) is 37.5 Å². The first-order valence-electron chi connectivity index (χ1n) is 7.57. The summed E-state index contributed by atoms with van der Waals surface area (Å²) < 4.78 is 0. The van der Waals surface area contributed by atoms with Gasteiger partial charge in [0.15, 0.2) is 0 Å². The van der Waals surface area contributed by atoms with Gasteiger partial charge in [-0.25, -0.2) is 0 Å². The van der Waals surface area contributed by atoms with Crippen LogP contribution in [0.15, 0.2) is 18.2 Å². The van der Waals surface area contributed by atoms with Crippen LogP contribution in [0.25, 0.3) is 0 Å². The van der Waals surface area contributed by atoms with Crippen molar-refractivity contribution in [2.24, 2.45) is 11.7 Å². The lowest BCUT2D eigenvalue weighted by atomic mass is 9.56. The molecule has 2 aliphatic carbocycles. The van der Waals surface area contributed by atoms with Crippen molar-refractivity contribution in [2.75, 3.05) is 6.54 Å². The van der Waals surface area contributed by atoms with E-state index in [0.717, 1.165) is 6.54 Å². The largest absolute Gasteiger partial charge is 0.330 e. The van der Waals surface area contributed by atoms with E-state index < -0.39 is 0 Å². The molecule has 0 aromatic heterocycles. The Kier molecular flexibility index (Phi) is 3.19. The van der Waals surface area contributed by atoms with Gasteiger partial charge in [0.2, 0.25) is 0 Å². The van der Waals surface area contributed by atoms with Gasteiger partial charge in [-0.3, -0.25) is 0 Å². The van der Waals surface area contributed by atoms with E-state index in [-0.39, 0.29) is 0 Å². The minimum absolute atomic E-state index is 0.423. The van der Waals surface area contributed by atoms with E-state index in [1.807, 2.05) is 0 Å². The predicted molar refractivity (Wildman–Crippen MR) is 76.8 cm³/mol. The van der Waals surface area contributed by atoms with Crippen LogP contribution < -0.4 is 5.73 Å². The van der Waals surface area contributed by atoms with Crippen molar-refractivity contribution in [3.8, 4) is 0 Å². The van der Waals surface area contributed by atoms with E-state index in [2.05, 4.69) is 25.1 Å². The molecule has 1 aromatic carbocycles. The molecule has 0 bridgehead atoms. The summed E-state index contributed by atoms with van der Waals surface area (Å²) in [6.45, 7) is 3.17. The van der Waals surface area contributed by atoms with Crippen LogP contribution in [0.3, 0.4) is 0 Å². The van der Waals surface area contributed by atoms with Gasteiger partial charge in [0.1, 0.15) is 0 Å². The highest BCUT2D eigenvalue weighted by atomic mass is 14.6. The summed E-state index contributed by atoms with van der Waals surface area (Å²) in [4.78, 5) is 0. The molecule has 0 amide bonds. The number of rotatable bonds is 1. The third-order valence-corrected chi connectivity index (χ3v) is 5.43. The number of benzene rings is 1. The van der Waals surface area contributed by atoms with Crippen molar-refractivity contribution < 1.29 is 0 Å². The monoisotopic (exact) mass is 243 g/mol. The topological polar surface area (TPSA) is 26.0 Å². The average molecular weight is 243 g/mol. The van der Waals surface area contributed by atoms with Crippen LogP contribution >= 0.6 is 0 Å². The van der Waals surface area contributed by atoms with E-state index in [1.165, 1.54) is 50.5 Å². The Hall–Kier alpha value is -0.820. The smallest absolute Gasteiger partial charge is 0.000129 e. The van der Waals surface area contributed by atoms with Gasteiger partial charge in [-0.05, 0) is 67.2 Å². The van der Waals surface area contributed by atoms with E-state index in [4.69, 9.17) is 5.73 Å². The minimum atomic E-state index is 0.423. The molecule has 1 atom stereocenters. The molecule has 0 radical (unpaired) electrons. The Morgan fingerprint density at radius 3 is 2.72 bits per heavy atom. The molecule has 1 saturated carbocycles. The molecule has 1 heteroatoms. The average Bonchev–Trinajstić information content (AvgIpc) is 2.40. The fourth-order valence-electron chi connectivity index (χ4n) is 4.64. The van der Waals surface area contributed by atoms with Crippen molar-refractivity contribution in [1.29, 1.82) is 0 Å². The van der Waals surface area contributed by atoms with Gasteiger partial charge in [-0.2, -0.15) is 0 Å². The Balaban J connectivity index is 2.13. The maximum absolute atomic E-state index is 6.12. The Morgan fingerprint density at radius 1 is 1.22 bits per heavy atom. The summed E-state index contributed by atoms with van der Waals surface area (Å²) in [6, 6.07) is 6.88. The van der Waals surface area contributed by atoms with E-state index >= 15 is 0 Å². The van der Waals surface area contributed by atoms with Gasteiger partial charge in [-0.15, -0.1) is 0 Å². The van der Waals surface area contributed by atoms with Crippen molar-refractivity contribution in [3.05, 3.63) is 34.9 Å². The third kappa shape index (κ3) is 1.72. The molecule has 1 aromatic rings. The quantitative estimate of drug-likeness (QED) is 0.799. The molecule has 2 aliphatic rings. The van der Waals surface area contributed by atoms with Crippen LogP contribution in [-0.2, 0) is 11.8 Å². The molecular weight excluding hydrogens is 218 g/mol. The Morgan fingerprint density at radius 2 is 2.00 bits per heavy atom. The molecule has 0 saturated heterocycles. The molecule has 1 unspecified atom stereocenters. The van der Waals surface area contributed by atoms with Gasteiger partial charge in [0, 0.05) is 0 Å². The van der Waals surface area contributed by atoms with E-state index in [0.29, 0.717) is 11.3 Å². The molecule has 1 nitrogen and oxygen atoms in total. The molecular formula is C17H25N. The van der Waals surface area contributed by atoms with Gasteiger partial charge < -0.3 is 5.73 Å². The molecule has 3 rings (SSSR count). The first kappa shape index (κ1) is 12.2. The van der Waals surface area contributed by atoms with Crippen LogP contribution in [-0.4, -0.2) is 6.54 Å². The zero-order chi connectivity index (χ0) is 12.6. The first-order valence-corrected chi connectivity index (χ1v) is 7.57. The molecule has 2 N–H and O–H groups in total. The summed E-state index contributed by atoms with van der Waals surface area (Å²) in [5.74, 6) is 0.714. The number of hydrogen-bond donors (Lipinski definition) is 1. The summed E-state index contributed by atoms with van der Waals surface area (Å²) in [5.41, 5.74) is 11.3. The molecule has 18 heavy (non-hydrogen) atoms. The van der Waals surface area contributed by atoms with Crippen LogP contribution in [0.1, 0.15) is 55.2 Å². The highest BCUT2D eigenvalue weighted by Gasteiger charge is 2.44. The van der Waals surface area contributed by atoms with Gasteiger partial charge >= 0.3 is 0 Å². The standard InChI is InChI=1S/C17H25N/c1-13-6-5-7-14-8-9-15(12-18)17(16(13)14)10-3-2-4-11-17/h5-7,15H,2-4,8-12,18H2,1H3. The van der Waals surface area contributed by atoms with E-state index in [1.54, 1.807) is 11.1 Å². The number of nitrogens with two attached hydrogens (primary N) is 1. The molecule has 0 heterocycles. The zero-order valence-corrected chi connectivity index (χ0v) is 11.5. The zero-order valence-electron chi connectivity index (χ0n) is 11.5. The van der Waals surface area contributed by atoms with Crippen molar-refractivity contribution in [1.82, 2.24) is 0 Å². The van der Waals surface area contributed by atoms with Gasteiger partial charge in [0.05, 0.1) is 0 Å². The second kappa shape index (κ2) is 4.70. The maximum Gasteiger partial charge on any atom is -0.000129 e. The second-order valence-corrected chi connectivity index (χ2v) is 6.30. The van der Waals surface area contributed by atoms with E-state index in [9.17, 15) is 0 Å². The molecule has 1 spiro atoms. The van der Waals surface area contributed by atoms with Gasteiger partial charge in [0.25, 0.3) is 0 Å². The SMILES string of the molecule is Cc1cccc2c1C1(CCCCC1)C(CN)CC2. The van der Waals surface area contributed by atoms with Crippen LogP contribution in [0.5, 0.6) is 0 Å². The summed E-state index contributed by atoms with van der Waals surface area (Å²) in [6.07, 6.45) is 9.47. The van der Waals surface area contributed by atoms with Crippen molar-refractivity contribution >= 4 is 0 Å². The normalized spacial score (nSPS) is 26.0. The fraction of sp³-hybridized carbons (Fsp3) is 0.647. The van der Waals surface area contributed by atoms with Crippen molar-refractivity contribution in [2.45, 2.75) is 57.3 Å². The lowest BCUT2D eigenvalue weighted by Gasteiger charge is -2.48. The van der Waals surface area contributed by atoms with Crippen LogP contribution in [0.4, 0.5) is 0 Å². The van der Waals surface area contributed by atoms with Crippen LogP contribution in [0, 0.1) is 12.8 Å². The fourth-order valence-corrected chi connectivity index (χ4v) is 4.64. The number of fused-ring (bicyclic) bond motifs is 2. The lowest BCUT2D eigenvalue weighted by molar-refractivity contribution is 0.170.